The van der Waals surface area contributed by atoms with Gasteiger partial charge in [-0.25, -0.2) is 0 Å². The first-order chi connectivity index (χ1) is 18.1. The molecule has 2 aromatic rings. The van der Waals surface area contributed by atoms with Crippen molar-refractivity contribution < 1.29 is 38.4 Å². The number of rotatable bonds is 10. The molecule has 0 aromatic heterocycles. The van der Waals surface area contributed by atoms with Crippen molar-refractivity contribution in [2.24, 2.45) is 0 Å². The molecule has 1 aliphatic heterocycles. The number of benzene rings is 2. The van der Waals surface area contributed by atoms with E-state index in [-0.39, 0.29) is 5.97 Å². The average Bonchev–Trinajstić information content (AvgIpc) is 2.88. The van der Waals surface area contributed by atoms with Gasteiger partial charge in [-0.2, -0.15) is 0 Å². The number of aryl methyl sites for hydroxylation is 2. The Bertz CT molecular complexity index is 1120. The van der Waals surface area contributed by atoms with Crippen molar-refractivity contribution in [2.45, 2.75) is 76.3 Å². The molecule has 0 saturated carbocycles. The van der Waals surface area contributed by atoms with Crippen LogP contribution in [0.2, 0.25) is 0 Å². The summed E-state index contributed by atoms with van der Waals surface area (Å²) in [4.78, 5) is 34.9. The highest BCUT2D eigenvalue weighted by atomic mass is 32.2. The Hall–Kier alpha value is -2.88. The van der Waals surface area contributed by atoms with Crippen LogP contribution < -0.4 is 0 Å². The monoisotopic (exact) mass is 544 g/mol. The molecule has 1 N–H and O–H groups in total. The van der Waals surface area contributed by atoms with Crippen molar-refractivity contribution in [1.29, 1.82) is 0 Å². The fraction of sp³-hybridized carbons (Fsp3) is 0.483. The van der Waals surface area contributed by atoms with Crippen molar-refractivity contribution in [3.05, 3.63) is 70.3 Å². The van der Waals surface area contributed by atoms with Gasteiger partial charge in [-0.15, -0.1) is 11.8 Å². The number of hydrogen-bond donors (Lipinski definition) is 1. The van der Waals surface area contributed by atoms with E-state index in [0.717, 1.165) is 40.7 Å². The molecule has 9 heteroatoms. The third-order valence-electron chi connectivity index (χ3n) is 6.55. The minimum atomic E-state index is -1.25. The summed E-state index contributed by atoms with van der Waals surface area (Å²) in [5, 5.41) is 11.1. The summed E-state index contributed by atoms with van der Waals surface area (Å²) < 4.78 is 21.8. The van der Waals surface area contributed by atoms with Gasteiger partial charge in [0.05, 0.1) is 7.11 Å². The van der Waals surface area contributed by atoms with Crippen LogP contribution in [0.15, 0.2) is 42.5 Å². The Morgan fingerprint density at radius 2 is 1.61 bits per heavy atom. The number of esters is 3. The molecule has 1 saturated heterocycles. The lowest BCUT2D eigenvalue weighted by Crippen LogP contribution is -2.55. The molecular weight excluding hydrogens is 508 g/mol. The molecule has 5 atom stereocenters. The number of aliphatic hydroxyl groups is 1. The molecule has 0 aliphatic carbocycles. The number of hydrogen-bond acceptors (Lipinski definition) is 9. The van der Waals surface area contributed by atoms with E-state index in [2.05, 4.69) is 24.3 Å². The van der Waals surface area contributed by atoms with Gasteiger partial charge >= 0.3 is 17.9 Å². The summed E-state index contributed by atoms with van der Waals surface area (Å²) in [5.74, 6) is -1.32. The molecule has 0 spiro atoms. The van der Waals surface area contributed by atoms with Crippen LogP contribution in [0.5, 0.6) is 0 Å². The van der Waals surface area contributed by atoms with Crippen LogP contribution in [0, 0.1) is 6.92 Å². The third kappa shape index (κ3) is 7.82. The molecule has 0 radical (unpaired) electrons. The van der Waals surface area contributed by atoms with Crippen LogP contribution in [0.4, 0.5) is 0 Å². The number of carbonyl (C=O) groups is 3. The molecule has 1 fully saturated rings. The first kappa shape index (κ1) is 29.7. The minimum Gasteiger partial charge on any atom is -0.469 e. The molecule has 0 unspecified atom stereocenters. The summed E-state index contributed by atoms with van der Waals surface area (Å²) >= 11 is 1.31. The van der Waals surface area contributed by atoms with Gasteiger partial charge in [-0.1, -0.05) is 42.5 Å². The third-order valence-corrected chi connectivity index (χ3v) is 7.39. The summed E-state index contributed by atoms with van der Waals surface area (Å²) in [5.41, 5.74) is 4.57. The van der Waals surface area contributed by atoms with Crippen molar-refractivity contribution in [3.8, 4) is 0 Å². The molecular formula is C29H36O8S. The van der Waals surface area contributed by atoms with Gasteiger partial charge in [-0.05, 0) is 60.3 Å². The van der Waals surface area contributed by atoms with Crippen LogP contribution in [0.3, 0.4) is 0 Å². The van der Waals surface area contributed by atoms with E-state index < -0.39 is 41.8 Å². The second kappa shape index (κ2) is 13.8. The zero-order valence-corrected chi connectivity index (χ0v) is 23.3. The lowest BCUT2D eigenvalue weighted by molar-refractivity contribution is -0.224. The Morgan fingerprint density at radius 1 is 0.974 bits per heavy atom. The van der Waals surface area contributed by atoms with Gasteiger partial charge in [0, 0.05) is 20.3 Å². The second-order valence-corrected chi connectivity index (χ2v) is 10.3. The minimum absolute atomic E-state index is 0.201. The Labute approximate surface area is 228 Å². The largest absolute Gasteiger partial charge is 0.469 e. The van der Waals surface area contributed by atoms with Gasteiger partial charge in [0.25, 0.3) is 0 Å². The standard InChI is InChI=1S/C29H36O8S/c1-17-9-14-22(16-23(17)15-21-12-10-20(11-13-21)7-6-8-24(32)34-4)26-27(35-18(2)30)25(33)28(36-19(3)31)29(37-26)38-5/h9-14,16,25-29,33H,6-8,15H2,1-5H3/t25-,26+,27-,28+,29-/m1/s1. The van der Waals surface area contributed by atoms with E-state index in [1.165, 1.54) is 32.7 Å². The normalized spacial score (nSPS) is 22.9. The van der Waals surface area contributed by atoms with Gasteiger partial charge in [0.2, 0.25) is 0 Å². The fourth-order valence-corrected chi connectivity index (χ4v) is 5.28. The Morgan fingerprint density at radius 3 is 2.21 bits per heavy atom. The number of methoxy groups -OCH3 is 1. The maximum Gasteiger partial charge on any atom is 0.305 e. The summed E-state index contributed by atoms with van der Waals surface area (Å²) in [6, 6.07) is 14.2. The predicted octanol–water partition coefficient (Wildman–Crippen LogP) is 4.07. The van der Waals surface area contributed by atoms with Crippen molar-refractivity contribution in [1.82, 2.24) is 0 Å². The maximum atomic E-state index is 11.9. The summed E-state index contributed by atoms with van der Waals surface area (Å²) in [6.45, 7) is 4.56. The SMILES string of the molecule is COC(=O)CCCc1ccc(Cc2cc([C@@H]3O[C@H](SC)[C@@H](OC(C)=O)[C@H](O)[C@H]3OC(C)=O)ccc2C)cc1. The molecule has 2 aromatic carbocycles. The summed E-state index contributed by atoms with van der Waals surface area (Å²) in [7, 11) is 1.40. The quantitative estimate of drug-likeness (QED) is 0.350. The highest BCUT2D eigenvalue weighted by Gasteiger charge is 2.49. The number of aliphatic hydroxyl groups excluding tert-OH is 1. The van der Waals surface area contributed by atoms with E-state index >= 15 is 0 Å². The van der Waals surface area contributed by atoms with Gasteiger partial charge < -0.3 is 24.1 Å². The molecule has 8 nitrogen and oxygen atoms in total. The molecule has 1 aliphatic rings. The lowest BCUT2D eigenvalue weighted by Gasteiger charge is -2.43. The molecule has 206 valence electrons. The van der Waals surface area contributed by atoms with E-state index in [9.17, 15) is 19.5 Å². The predicted molar refractivity (Wildman–Crippen MR) is 144 cm³/mol. The van der Waals surface area contributed by atoms with Crippen LogP contribution >= 0.6 is 11.8 Å². The van der Waals surface area contributed by atoms with E-state index in [0.29, 0.717) is 12.8 Å². The van der Waals surface area contributed by atoms with Crippen molar-refractivity contribution in [2.75, 3.05) is 13.4 Å². The van der Waals surface area contributed by atoms with Crippen LogP contribution in [0.25, 0.3) is 0 Å². The topological polar surface area (TPSA) is 108 Å². The van der Waals surface area contributed by atoms with E-state index in [1.54, 1.807) is 6.26 Å². The highest BCUT2D eigenvalue weighted by Crippen LogP contribution is 2.39. The fourth-order valence-electron chi connectivity index (χ4n) is 4.57. The van der Waals surface area contributed by atoms with Crippen molar-refractivity contribution >= 4 is 29.7 Å². The Balaban J connectivity index is 1.80. The van der Waals surface area contributed by atoms with Gasteiger partial charge in [-0.3, -0.25) is 14.4 Å². The smallest absolute Gasteiger partial charge is 0.305 e. The van der Waals surface area contributed by atoms with E-state index in [1.807, 2.05) is 25.1 Å². The number of carbonyl (C=O) groups excluding carboxylic acids is 3. The number of ether oxygens (including phenoxy) is 4. The van der Waals surface area contributed by atoms with Gasteiger partial charge in [0.15, 0.2) is 12.2 Å². The molecule has 3 rings (SSSR count). The number of thioether (sulfide) groups is 1. The molecule has 0 bridgehead atoms. The second-order valence-electron chi connectivity index (χ2n) is 9.41. The summed E-state index contributed by atoms with van der Waals surface area (Å²) in [6.07, 6.45) is 0.404. The van der Waals surface area contributed by atoms with Crippen LogP contribution in [-0.4, -0.2) is 60.1 Å². The first-order valence-electron chi connectivity index (χ1n) is 12.6. The highest BCUT2D eigenvalue weighted by molar-refractivity contribution is 7.99. The maximum absolute atomic E-state index is 11.9. The Kier molecular flexibility index (Phi) is 10.8. The molecule has 1 heterocycles. The molecule has 0 amide bonds. The van der Waals surface area contributed by atoms with E-state index in [4.69, 9.17) is 18.9 Å². The van der Waals surface area contributed by atoms with Crippen molar-refractivity contribution in [3.63, 3.8) is 0 Å². The van der Waals surface area contributed by atoms with Crippen LogP contribution in [-0.2, 0) is 46.2 Å². The zero-order valence-electron chi connectivity index (χ0n) is 22.5. The average molecular weight is 545 g/mol. The lowest BCUT2D eigenvalue weighted by atomic mass is 9.90. The zero-order chi connectivity index (χ0) is 27.8. The first-order valence-corrected chi connectivity index (χ1v) is 13.9. The van der Waals surface area contributed by atoms with Gasteiger partial charge in [0.1, 0.15) is 17.6 Å². The molecule has 38 heavy (non-hydrogen) atoms. The van der Waals surface area contributed by atoms with Crippen LogP contribution in [0.1, 0.15) is 60.6 Å².